The molecule has 0 radical (unpaired) electrons. The van der Waals surface area contributed by atoms with Gasteiger partial charge in [0.25, 0.3) is 0 Å². The molecule has 0 fully saturated rings. The molecule has 1 aromatic carbocycles. The Morgan fingerprint density at radius 1 is 1.00 bits per heavy atom. The minimum atomic E-state index is -1.12. The van der Waals surface area contributed by atoms with E-state index in [1.54, 1.807) is 0 Å². The number of aromatic nitrogens is 1. The zero-order chi connectivity index (χ0) is 16.6. The molecule has 9 heteroatoms. The summed E-state index contributed by atoms with van der Waals surface area (Å²) in [4.78, 5) is 14.7. The van der Waals surface area contributed by atoms with Gasteiger partial charge in [0.15, 0.2) is 0 Å². The predicted octanol–water partition coefficient (Wildman–Crippen LogP) is 5.78. The Kier molecular flexibility index (Phi) is 5.41. The minimum absolute atomic E-state index is 0.0486. The van der Waals surface area contributed by atoms with Gasteiger partial charge < -0.3 is 5.11 Å². The van der Waals surface area contributed by atoms with Crippen molar-refractivity contribution in [3.8, 4) is 11.3 Å². The number of carboxylic acids is 1. The summed E-state index contributed by atoms with van der Waals surface area (Å²) >= 11 is 29.8. The van der Waals surface area contributed by atoms with E-state index >= 15 is 0 Å². The summed E-state index contributed by atoms with van der Waals surface area (Å²) in [6, 6.07) is 2.30. The molecule has 0 bridgehead atoms. The van der Waals surface area contributed by atoms with E-state index in [-0.39, 0.29) is 42.1 Å². The van der Waals surface area contributed by atoms with Gasteiger partial charge >= 0.3 is 5.97 Å². The molecule has 22 heavy (non-hydrogen) atoms. The number of carboxylic acid groups (broad SMARTS) is 1. The Morgan fingerprint density at radius 2 is 1.50 bits per heavy atom. The number of hydrogen-bond acceptors (Lipinski definition) is 2. The third-order valence-electron chi connectivity index (χ3n) is 2.68. The van der Waals surface area contributed by atoms with Crippen molar-refractivity contribution in [3.63, 3.8) is 0 Å². The molecule has 1 aromatic heterocycles. The quantitative estimate of drug-likeness (QED) is 0.522. The van der Waals surface area contributed by atoms with Gasteiger partial charge in [-0.3, -0.25) is 4.79 Å². The van der Waals surface area contributed by atoms with E-state index < -0.39 is 18.2 Å². The van der Waals surface area contributed by atoms with Crippen LogP contribution in [0.15, 0.2) is 12.1 Å². The number of hydrogen-bond donors (Lipinski definition) is 1. The Balaban J connectivity index is 2.74. The molecular weight excluding hydrogens is 398 g/mol. The largest absolute Gasteiger partial charge is 0.481 e. The van der Waals surface area contributed by atoms with Crippen LogP contribution in [0, 0.1) is 5.82 Å². The highest BCUT2D eigenvalue weighted by Gasteiger charge is 2.23. The Morgan fingerprint density at radius 3 is 2.00 bits per heavy atom. The number of nitrogens with zero attached hydrogens (tertiary/aromatic N) is 1. The molecule has 0 saturated heterocycles. The average Bonchev–Trinajstić information content (AvgIpc) is 2.46. The van der Waals surface area contributed by atoms with Gasteiger partial charge in [-0.2, -0.15) is 0 Å². The summed E-state index contributed by atoms with van der Waals surface area (Å²) in [5, 5.41) is 8.27. The topological polar surface area (TPSA) is 50.2 Å². The SMILES string of the molecule is O=C(O)Cc1ccc(F)c(-c2c(Cl)c(Cl)c(Cl)c(Cl)c2Cl)n1. The third kappa shape index (κ3) is 3.26. The van der Waals surface area contributed by atoms with Gasteiger partial charge in [0, 0.05) is 5.56 Å². The normalized spacial score (nSPS) is 10.8. The summed E-state index contributed by atoms with van der Waals surface area (Å²) in [6.07, 6.45) is -0.391. The first kappa shape index (κ1) is 17.6. The van der Waals surface area contributed by atoms with Crippen molar-refractivity contribution in [3.05, 3.63) is 48.8 Å². The van der Waals surface area contributed by atoms with Crippen molar-refractivity contribution in [1.29, 1.82) is 0 Å². The van der Waals surface area contributed by atoms with Gasteiger partial charge in [-0.05, 0) is 12.1 Å². The summed E-state index contributed by atoms with van der Waals surface area (Å²) in [7, 11) is 0. The van der Waals surface area contributed by atoms with E-state index in [1.165, 1.54) is 6.07 Å². The van der Waals surface area contributed by atoms with Crippen LogP contribution in [0.1, 0.15) is 5.69 Å². The van der Waals surface area contributed by atoms with Crippen molar-refractivity contribution < 1.29 is 14.3 Å². The number of carbonyl (C=O) groups is 1. The van der Waals surface area contributed by atoms with Crippen LogP contribution in [0.4, 0.5) is 4.39 Å². The van der Waals surface area contributed by atoms with Gasteiger partial charge in [0.1, 0.15) is 11.5 Å². The van der Waals surface area contributed by atoms with Crippen LogP contribution in [-0.4, -0.2) is 16.1 Å². The predicted molar refractivity (Wildman–Crippen MR) is 86.0 cm³/mol. The van der Waals surface area contributed by atoms with Gasteiger partial charge in [0.2, 0.25) is 0 Å². The number of rotatable bonds is 3. The molecule has 2 rings (SSSR count). The zero-order valence-electron chi connectivity index (χ0n) is 10.4. The molecule has 1 N–H and O–H groups in total. The number of aliphatic carboxylic acids is 1. The standard InChI is InChI=1S/C13H5Cl5FNO2/c14-8-7(9(15)11(17)12(18)10(8)16)13-5(19)2-1-4(20-13)3-6(21)22/h1-2H,3H2,(H,21,22). The summed E-state index contributed by atoms with van der Waals surface area (Å²) in [5.74, 6) is -1.87. The van der Waals surface area contributed by atoms with Crippen LogP contribution in [0.5, 0.6) is 0 Å². The van der Waals surface area contributed by atoms with Crippen molar-refractivity contribution in [1.82, 2.24) is 4.98 Å². The molecule has 0 aliphatic rings. The van der Waals surface area contributed by atoms with Crippen molar-refractivity contribution in [2.45, 2.75) is 6.42 Å². The Hall–Kier alpha value is -0.780. The highest BCUT2D eigenvalue weighted by molar-refractivity contribution is 6.56. The van der Waals surface area contributed by atoms with Crippen LogP contribution in [-0.2, 0) is 11.2 Å². The van der Waals surface area contributed by atoms with Gasteiger partial charge in [-0.25, -0.2) is 9.37 Å². The van der Waals surface area contributed by atoms with E-state index in [2.05, 4.69) is 4.98 Å². The third-order valence-corrected chi connectivity index (χ3v) is 4.96. The van der Waals surface area contributed by atoms with E-state index in [4.69, 9.17) is 63.1 Å². The molecular formula is C13H5Cl5FNO2. The van der Waals surface area contributed by atoms with Crippen LogP contribution < -0.4 is 0 Å². The second-order valence-electron chi connectivity index (χ2n) is 4.15. The first-order valence-electron chi connectivity index (χ1n) is 5.63. The zero-order valence-corrected chi connectivity index (χ0v) is 14.2. The van der Waals surface area contributed by atoms with Crippen LogP contribution >= 0.6 is 58.0 Å². The lowest BCUT2D eigenvalue weighted by molar-refractivity contribution is -0.136. The average molecular weight is 403 g/mol. The van der Waals surface area contributed by atoms with Crippen LogP contribution in [0.25, 0.3) is 11.3 Å². The fourth-order valence-corrected chi connectivity index (χ4v) is 3.04. The molecule has 0 unspecified atom stereocenters. The lowest BCUT2D eigenvalue weighted by atomic mass is 10.1. The second kappa shape index (κ2) is 6.77. The van der Waals surface area contributed by atoms with Crippen molar-refractivity contribution >= 4 is 64.0 Å². The van der Waals surface area contributed by atoms with E-state index in [9.17, 15) is 9.18 Å². The van der Waals surface area contributed by atoms with Crippen molar-refractivity contribution in [2.75, 3.05) is 0 Å². The smallest absolute Gasteiger partial charge is 0.309 e. The highest BCUT2D eigenvalue weighted by atomic mass is 35.5. The number of benzene rings is 1. The summed E-state index contributed by atoms with van der Waals surface area (Å²) in [6.45, 7) is 0. The summed E-state index contributed by atoms with van der Waals surface area (Å²) in [5.41, 5.74) is -0.181. The molecule has 0 aliphatic carbocycles. The summed E-state index contributed by atoms with van der Waals surface area (Å²) < 4.78 is 14.1. The van der Waals surface area contributed by atoms with E-state index in [0.29, 0.717) is 0 Å². The first-order valence-corrected chi connectivity index (χ1v) is 7.52. The fourth-order valence-electron chi connectivity index (χ4n) is 1.72. The van der Waals surface area contributed by atoms with E-state index in [0.717, 1.165) is 6.07 Å². The van der Waals surface area contributed by atoms with Crippen molar-refractivity contribution in [2.24, 2.45) is 0 Å². The molecule has 2 aromatic rings. The maximum Gasteiger partial charge on any atom is 0.309 e. The maximum absolute atomic E-state index is 14.1. The molecule has 116 valence electrons. The van der Waals surface area contributed by atoms with Gasteiger partial charge in [-0.15, -0.1) is 0 Å². The monoisotopic (exact) mass is 401 g/mol. The Bertz CT molecular complexity index is 753. The first-order chi connectivity index (χ1) is 10.2. The molecule has 0 spiro atoms. The Labute approximate surface area is 149 Å². The molecule has 0 amide bonds. The van der Waals surface area contributed by atoms with E-state index in [1.807, 2.05) is 0 Å². The second-order valence-corrected chi connectivity index (χ2v) is 6.04. The minimum Gasteiger partial charge on any atom is -0.481 e. The van der Waals surface area contributed by atoms with Crippen LogP contribution in [0.3, 0.4) is 0 Å². The number of pyridine rings is 1. The molecule has 0 saturated carbocycles. The maximum atomic E-state index is 14.1. The van der Waals surface area contributed by atoms with Gasteiger partial charge in [0.05, 0.1) is 37.2 Å². The lowest BCUT2D eigenvalue weighted by Crippen LogP contribution is -2.04. The van der Waals surface area contributed by atoms with Gasteiger partial charge in [-0.1, -0.05) is 58.0 Å². The lowest BCUT2D eigenvalue weighted by Gasteiger charge is -2.13. The molecule has 1 heterocycles. The molecule has 3 nitrogen and oxygen atoms in total. The molecule has 0 aliphatic heterocycles. The number of halogens is 6. The highest BCUT2D eigenvalue weighted by Crippen LogP contribution is 2.48. The molecule has 0 atom stereocenters. The van der Waals surface area contributed by atoms with Crippen LogP contribution in [0.2, 0.25) is 25.1 Å². The fraction of sp³-hybridized carbons (Fsp3) is 0.0769.